The van der Waals surface area contributed by atoms with Crippen molar-refractivity contribution in [3.05, 3.63) is 49.9 Å². The van der Waals surface area contributed by atoms with E-state index in [0.717, 1.165) is 0 Å². The predicted octanol–water partition coefficient (Wildman–Crippen LogP) is 4.15. The fourth-order valence-electron chi connectivity index (χ4n) is 2.19. The highest BCUT2D eigenvalue weighted by molar-refractivity contribution is 7.11. The van der Waals surface area contributed by atoms with E-state index < -0.39 is 6.10 Å². The summed E-state index contributed by atoms with van der Waals surface area (Å²) < 4.78 is 0. The Kier molecular flexibility index (Phi) is 4.82. The van der Waals surface area contributed by atoms with E-state index in [1.165, 1.54) is 22.7 Å². The van der Waals surface area contributed by atoms with Crippen molar-refractivity contribution in [3.63, 3.8) is 0 Å². The molecule has 0 saturated heterocycles. The molecule has 0 radical (unpaired) electrons. The van der Waals surface area contributed by atoms with Gasteiger partial charge in [-0.25, -0.2) is 4.98 Å². The summed E-state index contributed by atoms with van der Waals surface area (Å²) in [5, 5.41) is 15.7. The van der Waals surface area contributed by atoms with Crippen molar-refractivity contribution in [2.24, 2.45) is 0 Å². The van der Waals surface area contributed by atoms with Crippen LogP contribution >= 0.6 is 34.5 Å². The van der Waals surface area contributed by atoms with Crippen LogP contribution in [0.4, 0.5) is 0 Å². The number of aliphatic hydroxyl groups excluding tert-OH is 1. The molecule has 1 aromatic heterocycles. The largest absolute Gasteiger partial charge is 0.387 e. The van der Waals surface area contributed by atoms with E-state index in [1.54, 1.807) is 29.5 Å². The lowest BCUT2D eigenvalue weighted by atomic mass is 10.1. The smallest absolute Gasteiger partial charge is 0.0959 e. The number of hydrogen-bond donors (Lipinski definition) is 2. The number of rotatable bonds is 6. The maximum absolute atomic E-state index is 10.2. The Labute approximate surface area is 137 Å². The van der Waals surface area contributed by atoms with Crippen LogP contribution in [0, 0.1) is 0 Å². The summed E-state index contributed by atoms with van der Waals surface area (Å²) in [6.07, 6.45) is 3.73. The summed E-state index contributed by atoms with van der Waals surface area (Å²) in [5.74, 6) is 0.691. The Morgan fingerprint density at radius 1 is 1.33 bits per heavy atom. The van der Waals surface area contributed by atoms with Crippen LogP contribution in [0.1, 0.15) is 40.3 Å². The zero-order valence-corrected chi connectivity index (χ0v) is 13.7. The molecule has 1 aliphatic carbocycles. The molecule has 3 nitrogen and oxygen atoms in total. The summed E-state index contributed by atoms with van der Waals surface area (Å²) >= 11 is 13.9. The molecule has 1 aromatic carbocycles. The molecule has 2 aromatic rings. The molecule has 3 rings (SSSR count). The van der Waals surface area contributed by atoms with Crippen molar-refractivity contribution < 1.29 is 5.11 Å². The van der Waals surface area contributed by atoms with E-state index in [4.69, 9.17) is 23.2 Å². The molecule has 6 heteroatoms. The number of nitrogens with one attached hydrogen (secondary N) is 1. The van der Waals surface area contributed by atoms with Gasteiger partial charge in [0.2, 0.25) is 0 Å². The molecular formula is C15H16Cl2N2OS. The lowest BCUT2D eigenvalue weighted by Crippen LogP contribution is -2.21. The minimum atomic E-state index is -0.720. The van der Waals surface area contributed by atoms with Crippen LogP contribution < -0.4 is 5.32 Å². The molecule has 0 bridgehead atoms. The number of hydrogen-bond acceptors (Lipinski definition) is 4. The summed E-state index contributed by atoms with van der Waals surface area (Å²) in [6, 6.07) is 5.24. The minimum Gasteiger partial charge on any atom is -0.387 e. The van der Waals surface area contributed by atoms with Gasteiger partial charge in [0, 0.05) is 45.7 Å². The third kappa shape index (κ3) is 3.76. The normalized spacial score (nSPS) is 16.1. The first-order chi connectivity index (χ1) is 10.1. The van der Waals surface area contributed by atoms with Crippen LogP contribution in [0.15, 0.2) is 24.4 Å². The fourth-order valence-corrected chi connectivity index (χ4v) is 3.89. The molecule has 1 saturated carbocycles. The molecule has 112 valence electrons. The van der Waals surface area contributed by atoms with Crippen LogP contribution in [-0.2, 0) is 6.54 Å². The van der Waals surface area contributed by atoms with E-state index >= 15 is 0 Å². The Balaban J connectivity index is 1.54. The van der Waals surface area contributed by atoms with Crippen LogP contribution in [0.2, 0.25) is 10.0 Å². The molecule has 0 aliphatic heterocycles. The Morgan fingerprint density at radius 2 is 2.05 bits per heavy atom. The van der Waals surface area contributed by atoms with Crippen LogP contribution in [0.5, 0.6) is 0 Å². The highest BCUT2D eigenvalue weighted by Gasteiger charge is 2.26. The van der Waals surface area contributed by atoms with Gasteiger partial charge in [-0.1, -0.05) is 29.3 Å². The van der Waals surface area contributed by atoms with Gasteiger partial charge in [-0.05, 0) is 25.0 Å². The first-order valence-electron chi connectivity index (χ1n) is 6.92. The average molecular weight is 343 g/mol. The zero-order valence-electron chi connectivity index (χ0n) is 11.4. The first-order valence-corrected chi connectivity index (χ1v) is 8.49. The van der Waals surface area contributed by atoms with E-state index in [0.29, 0.717) is 34.6 Å². The topological polar surface area (TPSA) is 45.1 Å². The van der Waals surface area contributed by atoms with Crippen molar-refractivity contribution in [2.45, 2.75) is 31.4 Å². The van der Waals surface area contributed by atoms with Gasteiger partial charge in [-0.15, -0.1) is 11.3 Å². The Bertz CT molecular complexity index is 608. The number of benzene rings is 1. The van der Waals surface area contributed by atoms with Crippen LogP contribution in [0.3, 0.4) is 0 Å². The van der Waals surface area contributed by atoms with Gasteiger partial charge in [-0.2, -0.15) is 0 Å². The third-order valence-corrected chi connectivity index (χ3v) is 5.29. The van der Waals surface area contributed by atoms with Crippen molar-refractivity contribution >= 4 is 34.5 Å². The quantitative estimate of drug-likeness (QED) is 0.828. The zero-order chi connectivity index (χ0) is 14.8. The second-order valence-corrected chi connectivity index (χ2v) is 7.18. The first kappa shape index (κ1) is 15.3. The molecule has 21 heavy (non-hydrogen) atoms. The summed E-state index contributed by atoms with van der Waals surface area (Å²) in [6.45, 7) is 1.10. The second-order valence-electron chi connectivity index (χ2n) is 5.22. The van der Waals surface area contributed by atoms with E-state index in [-0.39, 0.29) is 0 Å². The van der Waals surface area contributed by atoms with Crippen molar-refractivity contribution in [3.8, 4) is 0 Å². The fraction of sp³-hybridized carbons (Fsp3) is 0.400. The highest BCUT2D eigenvalue weighted by atomic mass is 35.5. The van der Waals surface area contributed by atoms with Gasteiger partial charge < -0.3 is 10.4 Å². The summed E-state index contributed by atoms with van der Waals surface area (Å²) in [4.78, 5) is 5.63. The number of aromatic nitrogens is 1. The van der Waals surface area contributed by atoms with Crippen molar-refractivity contribution in [1.82, 2.24) is 10.3 Å². The van der Waals surface area contributed by atoms with E-state index in [9.17, 15) is 5.11 Å². The molecule has 1 aliphatic rings. The summed E-state index contributed by atoms with van der Waals surface area (Å²) in [7, 11) is 0. The SMILES string of the molecule is OC(CNCc1cnc(C2CC2)s1)c1c(Cl)cccc1Cl. The van der Waals surface area contributed by atoms with Crippen molar-refractivity contribution in [2.75, 3.05) is 6.54 Å². The Hall–Kier alpha value is -0.650. The lowest BCUT2D eigenvalue weighted by molar-refractivity contribution is 0.174. The number of aliphatic hydroxyl groups is 1. The maximum atomic E-state index is 10.2. The summed E-state index contributed by atoms with van der Waals surface area (Å²) in [5.41, 5.74) is 0.580. The predicted molar refractivity (Wildman–Crippen MR) is 87.2 cm³/mol. The second kappa shape index (κ2) is 6.63. The molecule has 1 atom stereocenters. The van der Waals surface area contributed by atoms with Gasteiger partial charge in [0.1, 0.15) is 0 Å². The molecule has 2 N–H and O–H groups in total. The maximum Gasteiger partial charge on any atom is 0.0959 e. The molecule has 1 unspecified atom stereocenters. The third-order valence-electron chi connectivity index (χ3n) is 3.47. The van der Waals surface area contributed by atoms with Gasteiger partial charge >= 0.3 is 0 Å². The number of halogens is 2. The van der Waals surface area contributed by atoms with Crippen LogP contribution in [-0.4, -0.2) is 16.6 Å². The Morgan fingerprint density at radius 3 is 2.71 bits per heavy atom. The van der Waals surface area contributed by atoms with Gasteiger partial charge in [0.05, 0.1) is 11.1 Å². The highest BCUT2D eigenvalue weighted by Crippen LogP contribution is 2.41. The number of thiazole rings is 1. The van der Waals surface area contributed by atoms with Crippen LogP contribution in [0.25, 0.3) is 0 Å². The van der Waals surface area contributed by atoms with Crippen molar-refractivity contribution in [1.29, 1.82) is 0 Å². The average Bonchev–Trinajstić information content (AvgIpc) is 3.19. The molecule has 1 heterocycles. The molecule has 0 spiro atoms. The lowest BCUT2D eigenvalue weighted by Gasteiger charge is -2.14. The van der Waals surface area contributed by atoms with Gasteiger partial charge in [0.25, 0.3) is 0 Å². The minimum absolute atomic E-state index is 0.403. The van der Waals surface area contributed by atoms with E-state index in [1.807, 2.05) is 6.20 Å². The number of nitrogens with zero attached hydrogens (tertiary/aromatic N) is 1. The van der Waals surface area contributed by atoms with Gasteiger partial charge in [0.15, 0.2) is 0 Å². The standard InChI is InChI=1S/C15H16Cl2N2OS/c16-11-2-1-3-12(17)14(11)13(20)8-18-6-10-7-19-15(21-10)9-4-5-9/h1-3,7,9,13,18,20H,4-6,8H2. The molecular weight excluding hydrogens is 327 g/mol. The monoisotopic (exact) mass is 342 g/mol. The molecule has 1 fully saturated rings. The van der Waals surface area contributed by atoms with Gasteiger partial charge in [-0.3, -0.25) is 0 Å². The molecule has 0 amide bonds. The van der Waals surface area contributed by atoms with E-state index in [2.05, 4.69) is 10.3 Å².